The molecule has 0 aliphatic rings. The molecule has 0 atom stereocenters. The summed E-state index contributed by atoms with van der Waals surface area (Å²) in [4.78, 5) is 4.71. The molecule has 0 unspecified atom stereocenters. The number of rotatable bonds is 13. The van der Waals surface area contributed by atoms with E-state index in [0.717, 1.165) is 49.1 Å². The Labute approximate surface area is 189 Å². The monoisotopic (exact) mass is 439 g/mol. The predicted octanol–water partition coefficient (Wildman–Crippen LogP) is 4.32. The standard InChI is InChI=1S/C24H33N5O3/c1-20(2)32-22-10-8-21(9-11-22)28-24(25-12-4-15-29-16-5-14-27-29)26-13-6-17-30-19-23-7-3-18-31-23/h3,5,7-11,14,16,18,20H,4,6,12-13,15,17,19H2,1-2H3,(H2,25,26,28). The number of furan rings is 1. The lowest BCUT2D eigenvalue weighted by atomic mass is 10.3. The van der Waals surface area contributed by atoms with Crippen LogP contribution in [-0.4, -0.2) is 41.5 Å². The Balaban J connectivity index is 1.45. The minimum Gasteiger partial charge on any atom is -0.491 e. The quantitative estimate of drug-likeness (QED) is 0.234. The first-order chi connectivity index (χ1) is 15.7. The molecule has 1 aromatic carbocycles. The second-order valence-electron chi connectivity index (χ2n) is 7.58. The van der Waals surface area contributed by atoms with Gasteiger partial charge in [0.1, 0.15) is 18.1 Å². The normalized spacial score (nSPS) is 11.7. The van der Waals surface area contributed by atoms with Crippen molar-refractivity contribution in [2.45, 2.75) is 45.9 Å². The van der Waals surface area contributed by atoms with Crippen LogP contribution in [0.3, 0.4) is 0 Å². The van der Waals surface area contributed by atoms with E-state index < -0.39 is 0 Å². The van der Waals surface area contributed by atoms with E-state index in [1.54, 1.807) is 12.5 Å². The highest BCUT2D eigenvalue weighted by Gasteiger charge is 2.03. The van der Waals surface area contributed by atoms with Gasteiger partial charge < -0.3 is 24.5 Å². The number of nitrogens with zero attached hydrogens (tertiary/aromatic N) is 3. The Morgan fingerprint density at radius 2 is 2.03 bits per heavy atom. The van der Waals surface area contributed by atoms with Gasteiger partial charge in [0, 0.05) is 44.3 Å². The van der Waals surface area contributed by atoms with Gasteiger partial charge in [0.05, 0.1) is 12.4 Å². The topological polar surface area (TPSA) is 85.8 Å². The third kappa shape index (κ3) is 8.85. The number of guanidine groups is 1. The van der Waals surface area contributed by atoms with Gasteiger partial charge in [-0.3, -0.25) is 9.67 Å². The molecule has 0 aliphatic carbocycles. The maximum atomic E-state index is 5.72. The van der Waals surface area contributed by atoms with Gasteiger partial charge in [0.2, 0.25) is 0 Å². The molecule has 2 N–H and O–H groups in total. The zero-order valence-electron chi connectivity index (χ0n) is 18.9. The number of benzene rings is 1. The first-order valence-electron chi connectivity index (χ1n) is 11.1. The van der Waals surface area contributed by atoms with Crippen LogP contribution in [0.25, 0.3) is 0 Å². The van der Waals surface area contributed by atoms with Crippen molar-refractivity contribution in [2.24, 2.45) is 4.99 Å². The van der Waals surface area contributed by atoms with E-state index in [4.69, 9.17) is 18.9 Å². The molecular weight excluding hydrogens is 406 g/mol. The van der Waals surface area contributed by atoms with E-state index in [9.17, 15) is 0 Å². The SMILES string of the molecule is CC(C)Oc1ccc(NC(=NCCCn2cccn2)NCCCOCc2ccco2)cc1. The van der Waals surface area contributed by atoms with Gasteiger partial charge >= 0.3 is 0 Å². The number of hydrogen-bond acceptors (Lipinski definition) is 5. The van der Waals surface area contributed by atoms with Crippen LogP contribution in [0.15, 0.2) is 70.5 Å². The van der Waals surface area contributed by atoms with Crippen LogP contribution in [-0.2, 0) is 17.9 Å². The molecular formula is C24H33N5O3. The number of aromatic nitrogens is 2. The molecule has 8 nitrogen and oxygen atoms in total. The highest BCUT2D eigenvalue weighted by atomic mass is 16.5. The van der Waals surface area contributed by atoms with Crippen LogP contribution in [0.1, 0.15) is 32.4 Å². The summed E-state index contributed by atoms with van der Waals surface area (Å²) in [5.74, 6) is 2.43. The molecule has 0 aliphatic heterocycles. The van der Waals surface area contributed by atoms with Crippen LogP contribution in [0, 0.1) is 0 Å². The largest absolute Gasteiger partial charge is 0.491 e. The van der Waals surface area contributed by atoms with E-state index in [2.05, 4.69) is 15.7 Å². The average molecular weight is 440 g/mol. The van der Waals surface area contributed by atoms with Crippen LogP contribution in [0.2, 0.25) is 0 Å². The third-order valence-corrected chi connectivity index (χ3v) is 4.45. The minimum atomic E-state index is 0.150. The second-order valence-corrected chi connectivity index (χ2v) is 7.58. The molecule has 0 bridgehead atoms. The Bertz CT molecular complexity index is 890. The number of nitrogens with one attached hydrogen (secondary N) is 2. The fourth-order valence-electron chi connectivity index (χ4n) is 2.97. The molecule has 2 heterocycles. The predicted molar refractivity (Wildman–Crippen MR) is 126 cm³/mol. The molecule has 8 heteroatoms. The summed E-state index contributed by atoms with van der Waals surface area (Å²) in [6.45, 7) is 7.44. The lowest BCUT2D eigenvalue weighted by molar-refractivity contribution is 0.105. The van der Waals surface area contributed by atoms with Crippen molar-refractivity contribution in [3.8, 4) is 5.75 Å². The average Bonchev–Trinajstić information content (AvgIpc) is 3.48. The van der Waals surface area contributed by atoms with Crippen molar-refractivity contribution < 1.29 is 13.9 Å². The lowest BCUT2D eigenvalue weighted by Gasteiger charge is -2.14. The molecule has 0 spiro atoms. The van der Waals surface area contributed by atoms with Crippen molar-refractivity contribution in [3.63, 3.8) is 0 Å². The summed E-state index contributed by atoms with van der Waals surface area (Å²) < 4.78 is 18.5. The number of anilines is 1. The zero-order chi connectivity index (χ0) is 22.4. The summed E-state index contributed by atoms with van der Waals surface area (Å²) in [6, 6.07) is 13.6. The summed E-state index contributed by atoms with van der Waals surface area (Å²) >= 11 is 0. The number of hydrogen-bond donors (Lipinski definition) is 2. The van der Waals surface area contributed by atoms with Crippen LogP contribution in [0.5, 0.6) is 5.75 Å². The summed E-state index contributed by atoms with van der Waals surface area (Å²) in [6.07, 6.45) is 7.32. The van der Waals surface area contributed by atoms with Gasteiger partial charge in [0.25, 0.3) is 0 Å². The van der Waals surface area contributed by atoms with Crippen molar-refractivity contribution in [3.05, 3.63) is 66.9 Å². The van der Waals surface area contributed by atoms with Crippen molar-refractivity contribution in [1.82, 2.24) is 15.1 Å². The highest BCUT2D eigenvalue weighted by Crippen LogP contribution is 2.16. The summed E-state index contributed by atoms with van der Waals surface area (Å²) in [5, 5.41) is 11.0. The fraction of sp³-hybridized carbons (Fsp3) is 0.417. The van der Waals surface area contributed by atoms with Crippen LogP contribution in [0.4, 0.5) is 5.69 Å². The van der Waals surface area contributed by atoms with Crippen molar-refractivity contribution in [2.75, 3.05) is 25.0 Å². The van der Waals surface area contributed by atoms with E-state index in [-0.39, 0.29) is 6.10 Å². The van der Waals surface area contributed by atoms with Gasteiger partial charge in [0.15, 0.2) is 5.96 Å². The summed E-state index contributed by atoms with van der Waals surface area (Å²) in [5.41, 5.74) is 0.952. The molecule has 0 fully saturated rings. The molecule has 32 heavy (non-hydrogen) atoms. The minimum absolute atomic E-state index is 0.150. The first kappa shape index (κ1) is 23.4. The van der Waals surface area contributed by atoms with Gasteiger partial charge in [-0.05, 0) is 69.2 Å². The molecule has 3 rings (SSSR count). The van der Waals surface area contributed by atoms with Gasteiger partial charge in [-0.2, -0.15) is 5.10 Å². The van der Waals surface area contributed by atoms with E-state index in [0.29, 0.717) is 19.8 Å². The molecule has 2 aromatic heterocycles. The van der Waals surface area contributed by atoms with E-state index in [1.807, 2.05) is 67.2 Å². The summed E-state index contributed by atoms with van der Waals surface area (Å²) in [7, 11) is 0. The Morgan fingerprint density at radius 1 is 1.16 bits per heavy atom. The molecule has 0 amide bonds. The fourth-order valence-corrected chi connectivity index (χ4v) is 2.97. The first-order valence-corrected chi connectivity index (χ1v) is 11.1. The second kappa shape index (κ2) is 13.2. The molecule has 0 saturated carbocycles. The van der Waals surface area contributed by atoms with Crippen molar-refractivity contribution >= 4 is 11.6 Å². The van der Waals surface area contributed by atoms with Crippen molar-refractivity contribution in [1.29, 1.82) is 0 Å². The number of aliphatic imine (C=N–C) groups is 1. The molecule has 172 valence electrons. The smallest absolute Gasteiger partial charge is 0.195 e. The van der Waals surface area contributed by atoms with Crippen LogP contribution < -0.4 is 15.4 Å². The van der Waals surface area contributed by atoms with E-state index >= 15 is 0 Å². The number of ether oxygens (including phenoxy) is 2. The molecule has 0 radical (unpaired) electrons. The Kier molecular flexibility index (Phi) is 9.67. The van der Waals surface area contributed by atoms with Gasteiger partial charge in [-0.1, -0.05) is 0 Å². The Hall–Kier alpha value is -3.26. The van der Waals surface area contributed by atoms with Crippen LogP contribution >= 0.6 is 0 Å². The lowest BCUT2D eigenvalue weighted by Crippen LogP contribution is -2.32. The zero-order valence-corrected chi connectivity index (χ0v) is 18.9. The number of aryl methyl sites for hydroxylation is 1. The molecule has 3 aromatic rings. The Morgan fingerprint density at radius 3 is 2.75 bits per heavy atom. The maximum Gasteiger partial charge on any atom is 0.195 e. The maximum absolute atomic E-state index is 5.72. The van der Waals surface area contributed by atoms with E-state index in [1.165, 1.54) is 0 Å². The van der Waals surface area contributed by atoms with Gasteiger partial charge in [-0.25, -0.2) is 0 Å². The molecule has 0 saturated heterocycles. The highest BCUT2D eigenvalue weighted by molar-refractivity contribution is 5.93. The third-order valence-electron chi connectivity index (χ3n) is 4.45. The van der Waals surface area contributed by atoms with Gasteiger partial charge in [-0.15, -0.1) is 0 Å².